The van der Waals surface area contributed by atoms with Gasteiger partial charge in [-0.1, -0.05) is 28.4 Å². The van der Waals surface area contributed by atoms with Crippen LogP contribution in [0.5, 0.6) is 0 Å². The van der Waals surface area contributed by atoms with Gasteiger partial charge in [0.25, 0.3) is 0 Å². The van der Waals surface area contributed by atoms with Crippen LogP contribution in [0.1, 0.15) is 21.6 Å². The first-order chi connectivity index (χ1) is 12.9. The molecule has 0 unspecified atom stereocenters. The Kier molecular flexibility index (Phi) is 13.2. The monoisotopic (exact) mass is 657 g/mol. The molecule has 1 N–H and O–H groups in total. The number of aryl methyl sites for hydroxylation is 2. The number of aromatic nitrogens is 2. The minimum atomic E-state index is -0.0697. The standard InChI is InChI=1S/C13H10Cl2NO.C7H8N2O.2HI/c1-16-6-2-3-10(8-16)13(17)9-4-5-11(14)12(15)7-9;1-9-5-3-2-4-7(9)6-8-10;;/h2-8H,1H3;2-6H,1H3;2*1H/q+1;;;/p-1. The molecule has 154 valence electrons. The summed E-state index contributed by atoms with van der Waals surface area (Å²) in [5.41, 5.74) is 2.02. The van der Waals surface area contributed by atoms with E-state index in [1.54, 1.807) is 30.5 Å². The number of benzene rings is 1. The van der Waals surface area contributed by atoms with Gasteiger partial charge in [0.2, 0.25) is 5.69 Å². The first-order valence-corrected chi connectivity index (χ1v) is 8.75. The van der Waals surface area contributed by atoms with Crippen LogP contribution >= 0.6 is 23.2 Å². The van der Waals surface area contributed by atoms with Crippen LogP contribution < -0.4 is 57.1 Å². The van der Waals surface area contributed by atoms with Crippen LogP contribution in [0, 0.1) is 0 Å². The Labute approximate surface area is 214 Å². The number of carbonyl (C=O) groups excluding carboxylic acids is 1. The van der Waals surface area contributed by atoms with Crippen molar-refractivity contribution in [3.05, 3.63) is 94.0 Å². The lowest BCUT2D eigenvalue weighted by Gasteiger charge is -2.01. The van der Waals surface area contributed by atoms with Gasteiger partial charge in [-0.05, 0) is 30.3 Å². The maximum atomic E-state index is 12.1. The quantitative estimate of drug-likeness (QED) is 0.0838. The third kappa shape index (κ3) is 8.53. The molecule has 0 spiro atoms. The molecule has 2 heterocycles. The van der Waals surface area contributed by atoms with E-state index >= 15 is 0 Å². The topological polar surface area (TPSA) is 57.4 Å². The maximum absolute atomic E-state index is 12.1. The third-order valence-corrected chi connectivity index (χ3v) is 4.41. The lowest BCUT2D eigenvalue weighted by molar-refractivity contribution is -0.672. The minimum absolute atomic E-state index is 0. The molecular formula is C20H19Cl2I2N3O2. The van der Waals surface area contributed by atoms with Gasteiger partial charge < -0.3 is 53.2 Å². The molecule has 0 fully saturated rings. The molecule has 0 saturated carbocycles. The smallest absolute Gasteiger partial charge is 0.226 e. The average Bonchev–Trinajstić information content (AvgIpc) is 2.66. The van der Waals surface area contributed by atoms with Gasteiger partial charge in [-0.25, -0.2) is 9.13 Å². The van der Waals surface area contributed by atoms with E-state index < -0.39 is 0 Å². The van der Waals surface area contributed by atoms with Crippen LogP contribution in [0.25, 0.3) is 0 Å². The highest BCUT2D eigenvalue weighted by atomic mass is 127. The Morgan fingerprint density at radius 1 is 0.966 bits per heavy atom. The number of ketones is 1. The van der Waals surface area contributed by atoms with Gasteiger partial charge in [0.1, 0.15) is 20.3 Å². The molecule has 0 bridgehead atoms. The summed E-state index contributed by atoms with van der Waals surface area (Å²) in [5.74, 6) is -0.0697. The number of carbonyl (C=O) groups is 1. The summed E-state index contributed by atoms with van der Waals surface area (Å²) in [5, 5.41) is 12.0. The Morgan fingerprint density at radius 2 is 1.69 bits per heavy atom. The largest absolute Gasteiger partial charge is 1.00 e. The third-order valence-electron chi connectivity index (χ3n) is 3.67. The van der Waals surface area contributed by atoms with E-state index in [1.165, 1.54) is 6.21 Å². The van der Waals surface area contributed by atoms with Crippen LogP contribution in [0.2, 0.25) is 10.0 Å². The Bertz CT molecular complexity index is 985. The van der Waals surface area contributed by atoms with Crippen molar-refractivity contribution >= 4 is 35.2 Å². The van der Waals surface area contributed by atoms with Gasteiger partial charge in [-0.3, -0.25) is 4.79 Å². The molecule has 0 aliphatic rings. The number of rotatable bonds is 3. The highest BCUT2D eigenvalue weighted by Gasteiger charge is 2.13. The highest BCUT2D eigenvalue weighted by Crippen LogP contribution is 2.23. The van der Waals surface area contributed by atoms with Crippen molar-refractivity contribution in [2.75, 3.05) is 0 Å². The Balaban J connectivity index is 0.000000567. The second-order valence-corrected chi connectivity index (χ2v) is 6.51. The fourth-order valence-electron chi connectivity index (χ4n) is 2.26. The van der Waals surface area contributed by atoms with E-state index in [4.69, 9.17) is 28.4 Å². The van der Waals surface area contributed by atoms with Gasteiger partial charge in [-0.2, -0.15) is 0 Å². The highest BCUT2D eigenvalue weighted by molar-refractivity contribution is 6.42. The lowest BCUT2D eigenvalue weighted by Crippen LogP contribution is -3.00. The van der Waals surface area contributed by atoms with Crippen molar-refractivity contribution in [2.45, 2.75) is 0 Å². The lowest BCUT2D eigenvalue weighted by atomic mass is 10.1. The van der Waals surface area contributed by atoms with Crippen molar-refractivity contribution < 1.29 is 67.1 Å². The van der Waals surface area contributed by atoms with E-state index in [9.17, 15) is 4.79 Å². The molecule has 0 amide bonds. The summed E-state index contributed by atoms with van der Waals surface area (Å²) < 4.78 is 3.68. The predicted octanol–water partition coefficient (Wildman–Crippen LogP) is -2.62. The number of nitrogens with zero attached hydrogens (tertiary/aromatic N) is 3. The molecule has 0 saturated heterocycles. The second kappa shape index (κ2) is 13.8. The zero-order valence-corrected chi connectivity index (χ0v) is 21.5. The first-order valence-electron chi connectivity index (χ1n) is 7.99. The van der Waals surface area contributed by atoms with E-state index in [1.807, 2.05) is 59.9 Å². The summed E-state index contributed by atoms with van der Waals surface area (Å²) in [6.07, 6.45) is 6.91. The molecule has 0 atom stereocenters. The molecule has 0 aliphatic heterocycles. The van der Waals surface area contributed by atoms with E-state index in [2.05, 4.69) is 5.16 Å². The maximum Gasteiger partial charge on any atom is 0.226 e. The summed E-state index contributed by atoms with van der Waals surface area (Å²) in [6, 6.07) is 14.1. The van der Waals surface area contributed by atoms with Gasteiger partial charge in [-0.15, -0.1) is 0 Å². The molecule has 29 heavy (non-hydrogen) atoms. The molecule has 0 aliphatic carbocycles. The number of hydrogen-bond acceptors (Lipinski definition) is 3. The molecule has 0 radical (unpaired) electrons. The summed E-state index contributed by atoms with van der Waals surface area (Å²) >= 11 is 11.7. The predicted molar refractivity (Wildman–Crippen MR) is 105 cm³/mol. The van der Waals surface area contributed by atoms with Gasteiger partial charge in [0, 0.05) is 23.8 Å². The van der Waals surface area contributed by atoms with E-state index in [0.717, 1.165) is 5.69 Å². The van der Waals surface area contributed by atoms with Crippen LogP contribution in [0.4, 0.5) is 0 Å². The van der Waals surface area contributed by atoms with E-state index in [-0.39, 0.29) is 53.7 Å². The van der Waals surface area contributed by atoms with Gasteiger partial charge in [0.15, 0.2) is 24.4 Å². The molecule has 3 rings (SSSR count). The molecule has 5 nitrogen and oxygen atoms in total. The summed E-state index contributed by atoms with van der Waals surface area (Å²) in [4.78, 5) is 12.1. The van der Waals surface area contributed by atoms with Crippen molar-refractivity contribution in [3.63, 3.8) is 0 Å². The SMILES string of the molecule is C[n+]1cccc(C(=O)c2ccc(Cl)c(Cl)c2)c1.C[n+]1ccccc1C=NO.[I-].[I-]. The number of hydrogen-bond donors (Lipinski definition) is 1. The average molecular weight is 658 g/mol. The van der Waals surface area contributed by atoms with Crippen molar-refractivity contribution in [1.29, 1.82) is 0 Å². The number of oxime groups is 1. The summed E-state index contributed by atoms with van der Waals surface area (Å²) in [6.45, 7) is 0. The van der Waals surface area contributed by atoms with Crippen LogP contribution in [-0.4, -0.2) is 17.2 Å². The Hall–Kier alpha value is -1.30. The van der Waals surface area contributed by atoms with Gasteiger partial charge >= 0.3 is 0 Å². The molecular weight excluding hydrogens is 639 g/mol. The normalized spacial score (nSPS) is 9.66. The van der Waals surface area contributed by atoms with E-state index in [0.29, 0.717) is 21.2 Å². The van der Waals surface area contributed by atoms with Crippen LogP contribution in [-0.2, 0) is 14.1 Å². The van der Waals surface area contributed by atoms with Crippen molar-refractivity contribution in [2.24, 2.45) is 19.3 Å². The van der Waals surface area contributed by atoms with Crippen molar-refractivity contribution in [3.8, 4) is 0 Å². The number of pyridine rings is 2. The minimum Gasteiger partial charge on any atom is -1.00 e. The zero-order chi connectivity index (χ0) is 19.8. The fraction of sp³-hybridized carbons (Fsp3) is 0.100. The molecule has 1 aromatic carbocycles. The molecule has 2 aromatic heterocycles. The van der Waals surface area contributed by atoms with Gasteiger partial charge in [0.05, 0.1) is 15.6 Å². The molecule has 3 aromatic rings. The van der Waals surface area contributed by atoms with Crippen molar-refractivity contribution in [1.82, 2.24) is 0 Å². The molecule has 9 heteroatoms. The summed E-state index contributed by atoms with van der Waals surface area (Å²) in [7, 11) is 3.75. The Morgan fingerprint density at radius 3 is 2.28 bits per heavy atom. The van der Waals surface area contributed by atoms with Crippen LogP contribution in [0.3, 0.4) is 0 Å². The van der Waals surface area contributed by atoms with Crippen LogP contribution in [0.15, 0.2) is 72.3 Å². The number of halogens is 4. The fourth-order valence-corrected chi connectivity index (χ4v) is 2.55. The second-order valence-electron chi connectivity index (χ2n) is 5.70. The first kappa shape index (κ1) is 27.7. The zero-order valence-electron chi connectivity index (χ0n) is 15.6.